The highest BCUT2D eigenvalue weighted by Crippen LogP contribution is 2.22. The molecule has 1 aromatic rings. The van der Waals surface area contributed by atoms with Crippen LogP contribution in [0.5, 0.6) is 0 Å². The van der Waals surface area contributed by atoms with Crippen molar-refractivity contribution in [2.75, 3.05) is 26.8 Å². The Labute approximate surface area is 142 Å². The van der Waals surface area contributed by atoms with Crippen LogP contribution in [0.3, 0.4) is 0 Å². The number of amides is 1. The summed E-state index contributed by atoms with van der Waals surface area (Å²) in [7, 11) is 1.56. The first-order valence-corrected chi connectivity index (χ1v) is 8.29. The molecule has 6 heteroatoms. The van der Waals surface area contributed by atoms with Gasteiger partial charge in [-0.05, 0) is 38.4 Å². The fraction of sp³-hybridized carbons (Fsp3) is 0.556. The average Bonchev–Trinajstić information content (AvgIpc) is 3.10. The number of rotatable bonds is 8. The lowest BCUT2D eigenvalue weighted by Crippen LogP contribution is -2.61. The van der Waals surface area contributed by atoms with Gasteiger partial charge < -0.3 is 15.2 Å². The van der Waals surface area contributed by atoms with Gasteiger partial charge in [0.2, 0.25) is 5.91 Å². The molecule has 1 aliphatic heterocycles. The van der Waals surface area contributed by atoms with Crippen LogP contribution in [0.4, 0.5) is 0 Å². The number of aliphatic carboxylic acids is 1. The molecule has 0 bridgehead atoms. The van der Waals surface area contributed by atoms with Crippen LogP contribution >= 0.6 is 0 Å². The molecular weight excluding hydrogens is 308 g/mol. The summed E-state index contributed by atoms with van der Waals surface area (Å²) in [5, 5.41) is 12.2. The van der Waals surface area contributed by atoms with Crippen molar-refractivity contribution >= 4 is 11.9 Å². The predicted octanol–water partition coefficient (Wildman–Crippen LogP) is 1.30. The van der Waals surface area contributed by atoms with Crippen LogP contribution in [0, 0.1) is 0 Å². The zero-order chi connectivity index (χ0) is 17.6. The van der Waals surface area contributed by atoms with Gasteiger partial charge in [0.05, 0.1) is 6.61 Å². The van der Waals surface area contributed by atoms with E-state index in [0.717, 1.165) is 31.5 Å². The molecule has 132 valence electrons. The van der Waals surface area contributed by atoms with Crippen molar-refractivity contribution in [1.29, 1.82) is 0 Å². The van der Waals surface area contributed by atoms with Gasteiger partial charge in [-0.1, -0.05) is 30.3 Å². The van der Waals surface area contributed by atoms with Crippen molar-refractivity contribution in [1.82, 2.24) is 10.2 Å². The van der Waals surface area contributed by atoms with Gasteiger partial charge in [0.15, 0.2) is 0 Å². The highest BCUT2D eigenvalue weighted by molar-refractivity contribution is 5.90. The van der Waals surface area contributed by atoms with Crippen molar-refractivity contribution in [3.05, 3.63) is 35.9 Å². The third kappa shape index (κ3) is 4.33. The first-order valence-electron chi connectivity index (χ1n) is 8.29. The van der Waals surface area contributed by atoms with Crippen LogP contribution < -0.4 is 5.32 Å². The van der Waals surface area contributed by atoms with E-state index in [0.29, 0.717) is 0 Å². The van der Waals surface area contributed by atoms with E-state index in [2.05, 4.69) is 10.2 Å². The molecule has 1 saturated heterocycles. The largest absolute Gasteiger partial charge is 0.480 e. The van der Waals surface area contributed by atoms with E-state index in [-0.39, 0.29) is 18.9 Å². The fourth-order valence-electron chi connectivity index (χ4n) is 3.16. The molecule has 1 fully saturated rings. The normalized spacial score (nSPS) is 18.8. The number of methoxy groups -OCH3 is 1. The summed E-state index contributed by atoms with van der Waals surface area (Å²) in [6.45, 7) is 3.70. The highest BCUT2D eigenvalue weighted by Gasteiger charge is 2.42. The highest BCUT2D eigenvalue weighted by atomic mass is 16.5. The summed E-state index contributed by atoms with van der Waals surface area (Å²) in [4.78, 5) is 26.5. The summed E-state index contributed by atoms with van der Waals surface area (Å²) >= 11 is 0. The van der Waals surface area contributed by atoms with Gasteiger partial charge in [0.25, 0.3) is 0 Å². The molecule has 24 heavy (non-hydrogen) atoms. The van der Waals surface area contributed by atoms with E-state index in [1.54, 1.807) is 7.11 Å². The van der Waals surface area contributed by atoms with E-state index in [1.807, 2.05) is 37.3 Å². The molecule has 1 aliphatic rings. The Kier molecular flexibility index (Phi) is 6.34. The minimum atomic E-state index is -1.03. The van der Waals surface area contributed by atoms with Crippen molar-refractivity contribution in [2.45, 2.75) is 37.8 Å². The number of carbonyl (C=O) groups is 2. The minimum Gasteiger partial charge on any atom is -0.480 e. The summed E-state index contributed by atoms with van der Waals surface area (Å²) in [6, 6.07) is 8.35. The van der Waals surface area contributed by atoms with E-state index in [9.17, 15) is 14.7 Å². The maximum Gasteiger partial charge on any atom is 0.326 e. The monoisotopic (exact) mass is 334 g/mol. The second-order valence-corrected chi connectivity index (χ2v) is 6.46. The van der Waals surface area contributed by atoms with Gasteiger partial charge in [-0.2, -0.15) is 0 Å². The number of likely N-dealkylation sites (tertiary alicyclic amines) is 1. The molecule has 1 aromatic carbocycles. The number of nitrogens with one attached hydrogen (secondary N) is 1. The zero-order valence-corrected chi connectivity index (χ0v) is 14.3. The average molecular weight is 334 g/mol. The molecule has 6 nitrogen and oxygen atoms in total. The summed E-state index contributed by atoms with van der Waals surface area (Å²) in [5.74, 6) is -1.33. The van der Waals surface area contributed by atoms with Crippen molar-refractivity contribution in [3.63, 3.8) is 0 Å². The molecule has 0 aromatic heterocycles. The first-order chi connectivity index (χ1) is 11.5. The van der Waals surface area contributed by atoms with Gasteiger partial charge in [-0.25, -0.2) is 4.79 Å². The van der Waals surface area contributed by atoms with Crippen LogP contribution in [0.15, 0.2) is 30.3 Å². The summed E-state index contributed by atoms with van der Waals surface area (Å²) in [5.41, 5.74) is 0.0233. The maximum atomic E-state index is 12.9. The standard InChI is InChI=1S/C18H26N2O4/c1-18(13-24-2,20-10-6-7-11-20)17(23)19-15(16(21)22)12-14-8-4-3-5-9-14/h3-5,8-9,15H,6-7,10-13H2,1-2H3,(H,19,23)(H,21,22)/t15-,18?/m0/s1. The first kappa shape index (κ1) is 18.4. The molecule has 0 aliphatic carbocycles. The molecular formula is C18H26N2O4. The van der Waals surface area contributed by atoms with Crippen molar-refractivity contribution < 1.29 is 19.4 Å². The Morgan fingerprint density at radius 1 is 1.29 bits per heavy atom. The molecule has 0 saturated carbocycles. The number of carbonyl (C=O) groups excluding carboxylic acids is 1. The van der Waals surface area contributed by atoms with Gasteiger partial charge in [-0.15, -0.1) is 0 Å². The number of carboxylic acids is 1. The second kappa shape index (κ2) is 8.26. The lowest BCUT2D eigenvalue weighted by atomic mass is 9.98. The Balaban J connectivity index is 2.11. The lowest BCUT2D eigenvalue weighted by molar-refractivity contribution is -0.145. The third-order valence-electron chi connectivity index (χ3n) is 4.60. The molecule has 2 atom stereocenters. The summed E-state index contributed by atoms with van der Waals surface area (Å²) in [6.07, 6.45) is 2.34. The van der Waals surface area contributed by atoms with Crippen LogP contribution in [0.2, 0.25) is 0 Å². The van der Waals surface area contributed by atoms with E-state index in [1.165, 1.54) is 0 Å². The van der Waals surface area contributed by atoms with E-state index < -0.39 is 17.6 Å². The SMILES string of the molecule is COCC(C)(C(=O)N[C@@H](Cc1ccccc1)C(=O)O)N1CCCC1. The van der Waals surface area contributed by atoms with Crippen LogP contribution in [-0.4, -0.2) is 60.3 Å². The second-order valence-electron chi connectivity index (χ2n) is 6.46. The Bertz CT molecular complexity index is 557. The number of hydrogen-bond acceptors (Lipinski definition) is 4. The Hall–Kier alpha value is -1.92. The predicted molar refractivity (Wildman–Crippen MR) is 90.8 cm³/mol. The van der Waals surface area contributed by atoms with Gasteiger partial charge in [0.1, 0.15) is 11.6 Å². The molecule has 1 heterocycles. The molecule has 2 N–H and O–H groups in total. The van der Waals surface area contributed by atoms with E-state index >= 15 is 0 Å². The fourth-order valence-corrected chi connectivity index (χ4v) is 3.16. The van der Waals surface area contributed by atoms with Crippen molar-refractivity contribution in [3.8, 4) is 0 Å². The lowest BCUT2D eigenvalue weighted by Gasteiger charge is -2.37. The molecule has 1 unspecified atom stereocenters. The number of nitrogens with zero attached hydrogens (tertiary/aromatic N) is 1. The number of carboxylic acid groups (broad SMARTS) is 1. The third-order valence-corrected chi connectivity index (χ3v) is 4.60. The Morgan fingerprint density at radius 2 is 1.92 bits per heavy atom. The topological polar surface area (TPSA) is 78.9 Å². The minimum absolute atomic E-state index is 0.233. The smallest absolute Gasteiger partial charge is 0.326 e. The number of benzene rings is 1. The number of hydrogen-bond donors (Lipinski definition) is 2. The van der Waals surface area contributed by atoms with Crippen LogP contribution in [-0.2, 0) is 20.7 Å². The molecule has 1 amide bonds. The van der Waals surface area contributed by atoms with Gasteiger partial charge in [-0.3, -0.25) is 9.69 Å². The van der Waals surface area contributed by atoms with Crippen LogP contribution in [0.1, 0.15) is 25.3 Å². The Morgan fingerprint density at radius 3 is 2.46 bits per heavy atom. The molecule has 0 spiro atoms. The van der Waals surface area contributed by atoms with Crippen molar-refractivity contribution in [2.24, 2.45) is 0 Å². The zero-order valence-electron chi connectivity index (χ0n) is 14.3. The molecule has 0 radical (unpaired) electrons. The van der Waals surface area contributed by atoms with Gasteiger partial charge in [0, 0.05) is 13.5 Å². The number of ether oxygens (including phenoxy) is 1. The van der Waals surface area contributed by atoms with Crippen LogP contribution in [0.25, 0.3) is 0 Å². The maximum absolute atomic E-state index is 12.9. The quantitative estimate of drug-likeness (QED) is 0.749. The summed E-state index contributed by atoms with van der Waals surface area (Å²) < 4.78 is 5.25. The van der Waals surface area contributed by atoms with E-state index in [4.69, 9.17) is 4.74 Å². The van der Waals surface area contributed by atoms with Gasteiger partial charge >= 0.3 is 5.97 Å². The molecule has 2 rings (SSSR count).